The molecule has 1 rings (SSSR count). The van der Waals surface area contributed by atoms with Gasteiger partial charge in [-0.25, -0.2) is 9.59 Å². The molecule has 1 aromatic rings. The highest BCUT2D eigenvalue weighted by Crippen LogP contribution is 2.23. The Kier molecular flexibility index (Phi) is 3.47. The van der Waals surface area contributed by atoms with E-state index in [-0.39, 0.29) is 5.56 Å². The van der Waals surface area contributed by atoms with Gasteiger partial charge in [-0.15, -0.1) is 0 Å². The van der Waals surface area contributed by atoms with E-state index in [4.69, 9.17) is 15.5 Å². The lowest BCUT2D eigenvalue weighted by Crippen LogP contribution is -2.02. The highest BCUT2D eigenvalue weighted by molar-refractivity contribution is 6.00. The Bertz CT molecular complexity index is 553. The van der Waals surface area contributed by atoms with Crippen LogP contribution in [0.15, 0.2) is 23.8 Å². The smallest absolute Gasteiger partial charge is 0.346 e. The van der Waals surface area contributed by atoms with Crippen LogP contribution in [-0.4, -0.2) is 27.3 Å². The van der Waals surface area contributed by atoms with Crippen molar-refractivity contribution in [1.82, 2.24) is 0 Å². The number of aliphatic carboxylic acids is 1. The van der Waals surface area contributed by atoms with Crippen LogP contribution in [0.25, 0.3) is 6.08 Å². The molecule has 0 bridgehead atoms. The molecule has 0 aliphatic carbocycles. The maximum Gasteiger partial charge on any atom is 0.346 e. The van der Waals surface area contributed by atoms with E-state index in [1.54, 1.807) is 0 Å². The molecule has 0 aromatic heterocycles. The molecular formula is C11H7NO5. The third-order valence-electron chi connectivity index (χ3n) is 1.94. The third kappa shape index (κ3) is 2.60. The van der Waals surface area contributed by atoms with E-state index >= 15 is 0 Å². The van der Waals surface area contributed by atoms with E-state index in [2.05, 4.69) is 0 Å². The van der Waals surface area contributed by atoms with Crippen LogP contribution in [0.3, 0.4) is 0 Å². The van der Waals surface area contributed by atoms with Gasteiger partial charge in [-0.05, 0) is 17.7 Å². The van der Waals surface area contributed by atoms with Crippen LogP contribution in [0.5, 0.6) is 5.75 Å². The molecule has 0 unspecified atom stereocenters. The Labute approximate surface area is 95.7 Å². The number of aromatic carboxylic acids is 1. The van der Waals surface area contributed by atoms with E-state index in [1.165, 1.54) is 18.2 Å². The lowest BCUT2D eigenvalue weighted by molar-refractivity contribution is -0.132. The van der Waals surface area contributed by atoms with Crippen LogP contribution in [-0.2, 0) is 4.79 Å². The van der Waals surface area contributed by atoms with Crippen LogP contribution in [0.4, 0.5) is 0 Å². The van der Waals surface area contributed by atoms with Crippen LogP contribution < -0.4 is 0 Å². The standard InChI is InChI=1S/C11H7NO5/c12-5-7(10(14)15)4-6-2-1-3-8(13)9(6)11(16)17/h1-4,13H,(H,14,15)(H,16,17). The minimum atomic E-state index is -1.47. The van der Waals surface area contributed by atoms with Crippen molar-refractivity contribution in [1.29, 1.82) is 5.26 Å². The maximum absolute atomic E-state index is 10.9. The van der Waals surface area contributed by atoms with Crippen LogP contribution in [0.2, 0.25) is 0 Å². The Hall–Kier alpha value is -2.81. The molecule has 0 saturated heterocycles. The van der Waals surface area contributed by atoms with Gasteiger partial charge >= 0.3 is 11.9 Å². The predicted octanol–water partition coefficient (Wildman–Crippen LogP) is 1.08. The van der Waals surface area contributed by atoms with Crippen LogP contribution >= 0.6 is 0 Å². The quantitative estimate of drug-likeness (QED) is 0.531. The summed E-state index contributed by atoms with van der Waals surface area (Å²) in [7, 11) is 0. The van der Waals surface area contributed by atoms with Crippen LogP contribution in [0.1, 0.15) is 15.9 Å². The number of aromatic hydroxyl groups is 1. The van der Waals surface area contributed by atoms with Gasteiger partial charge in [-0.1, -0.05) is 12.1 Å². The van der Waals surface area contributed by atoms with Gasteiger partial charge in [0.15, 0.2) is 0 Å². The van der Waals surface area contributed by atoms with Crippen molar-refractivity contribution < 1.29 is 24.9 Å². The highest BCUT2D eigenvalue weighted by Gasteiger charge is 2.15. The topological polar surface area (TPSA) is 119 Å². The van der Waals surface area contributed by atoms with E-state index in [9.17, 15) is 14.7 Å². The van der Waals surface area contributed by atoms with Crippen molar-refractivity contribution in [3.8, 4) is 11.8 Å². The molecule has 0 aliphatic heterocycles. The van der Waals surface area contributed by atoms with Gasteiger partial charge in [0.05, 0.1) is 0 Å². The van der Waals surface area contributed by atoms with Gasteiger partial charge in [0.1, 0.15) is 23.0 Å². The molecule has 17 heavy (non-hydrogen) atoms. The number of benzene rings is 1. The summed E-state index contributed by atoms with van der Waals surface area (Å²) in [6.45, 7) is 0. The summed E-state index contributed by atoms with van der Waals surface area (Å²) in [6.07, 6.45) is 0.894. The molecule has 0 heterocycles. The first kappa shape index (κ1) is 12.3. The average molecular weight is 233 g/mol. The summed E-state index contributed by atoms with van der Waals surface area (Å²) in [5, 5.41) is 35.4. The van der Waals surface area contributed by atoms with E-state index in [1.807, 2.05) is 0 Å². The number of nitriles is 1. The Balaban J connectivity index is 3.43. The normalized spacial score (nSPS) is 10.6. The number of hydrogen-bond acceptors (Lipinski definition) is 4. The molecule has 0 spiro atoms. The number of carboxylic acids is 2. The van der Waals surface area contributed by atoms with Crippen molar-refractivity contribution in [2.75, 3.05) is 0 Å². The third-order valence-corrected chi connectivity index (χ3v) is 1.94. The zero-order valence-electron chi connectivity index (χ0n) is 8.41. The molecule has 86 valence electrons. The van der Waals surface area contributed by atoms with Crippen molar-refractivity contribution in [2.24, 2.45) is 0 Å². The summed E-state index contributed by atoms with van der Waals surface area (Å²) >= 11 is 0. The monoisotopic (exact) mass is 233 g/mol. The zero-order valence-corrected chi connectivity index (χ0v) is 8.41. The summed E-state index contributed by atoms with van der Waals surface area (Å²) < 4.78 is 0. The van der Waals surface area contributed by atoms with Gasteiger partial charge in [0, 0.05) is 0 Å². The van der Waals surface area contributed by atoms with Gasteiger partial charge in [-0.2, -0.15) is 5.26 Å². The van der Waals surface area contributed by atoms with Gasteiger partial charge in [0.2, 0.25) is 0 Å². The zero-order chi connectivity index (χ0) is 13.0. The Morgan fingerprint density at radius 3 is 2.41 bits per heavy atom. The molecule has 0 saturated carbocycles. The number of rotatable bonds is 3. The fourth-order valence-corrected chi connectivity index (χ4v) is 1.21. The second-order valence-corrected chi connectivity index (χ2v) is 3.02. The van der Waals surface area contributed by atoms with Gasteiger partial charge in [-0.3, -0.25) is 0 Å². The van der Waals surface area contributed by atoms with Gasteiger partial charge in [0.25, 0.3) is 0 Å². The lowest BCUT2D eigenvalue weighted by Gasteiger charge is -2.03. The summed E-state index contributed by atoms with van der Waals surface area (Å²) in [5.74, 6) is -3.36. The summed E-state index contributed by atoms with van der Waals surface area (Å²) in [5.41, 5.74) is -1.10. The first-order valence-electron chi connectivity index (χ1n) is 4.37. The Morgan fingerprint density at radius 2 is 1.94 bits per heavy atom. The molecule has 0 fully saturated rings. The van der Waals surface area contributed by atoms with E-state index in [0.29, 0.717) is 0 Å². The van der Waals surface area contributed by atoms with Crippen molar-refractivity contribution in [3.63, 3.8) is 0 Å². The molecule has 3 N–H and O–H groups in total. The van der Waals surface area contributed by atoms with Crippen molar-refractivity contribution >= 4 is 18.0 Å². The average Bonchev–Trinajstić information content (AvgIpc) is 2.24. The van der Waals surface area contributed by atoms with E-state index in [0.717, 1.165) is 12.1 Å². The summed E-state index contributed by atoms with van der Waals surface area (Å²) in [6, 6.07) is 5.23. The second-order valence-electron chi connectivity index (χ2n) is 3.02. The lowest BCUT2D eigenvalue weighted by atomic mass is 10.0. The number of carboxylic acid groups (broad SMARTS) is 2. The molecule has 6 nitrogen and oxygen atoms in total. The first-order valence-corrected chi connectivity index (χ1v) is 4.37. The fourth-order valence-electron chi connectivity index (χ4n) is 1.21. The molecule has 0 radical (unpaired) electrons. The molecule has 0 aliphatic rings. The molecule has 1 aromatic carbocycles. The number of phenols is 1. The summed E-state index contributed by atoms with van der Waals surface area (Å²) in [4.78, 5) is 21.5. The second kappa shape index (κ2) is 4.81. The molecule has 0 amide bonds. The first-order chi connectivity index (χ1) is 7.97. The minimum absolute atomic E-state index is 0.0450. The minimum Gasteiger partial charge on any atom is -0.507 e. The molecule has 6 heteroatoms. The molecular weight excluding hydrogens is 226 g/mol. The number of nitrogens with zero attached hydrogens (tertiary/aromatic N) is 1. The SMILES string of the molecule is N#CC(=Cc1cccc(O)c1C(=O)O)C(=O)O. The number of carbonyl (C=O) groups is 2. The van der Waals surface area contributed by atoms with Crippen molar-refractivity contribution in [2.45, 2.75) is 0 Å². The van der Waals surface area contributed by atoms with Gasteiger partial charge < -0.3 is 15.3 Å². The molecule has 0 atom stereocenters. The Morgan fingerprint density at radius 1 is 1.29 bits per heavy atom. The largest absolute Gasteiger partial charge is 0.507 e. The van der Waals surface area contributed by atoms with Crippen molar-refractivity contribution in [3.05, 3.63) is 34.9 Å². The maximum atomic E-state index is 10.9. The highest BCUT2D eigenvalue weighted by atomic mass is 16.4. The van der Waals surface area contributed by atoms with E-state index < -0.39 is 28.8 Å². The fraction of sp³-hybridized carbons (Fsp3) is 0. The number of hydrogen-bond donors (Lipinski definition) is 3. The van der Waals surface area contributed by atoms with Crippen LogP contribution in [0, 0.1) is 11.3 Å². The predicted molar refractivity (Wildman–Crippen MR) is 56.3 cm³/mol.